The van der Waals surface area contributed by atoms with Crippen molar-refractivity contribution in [1.29, 1.82) is 0 Å². The zero-order valence-electron chi connectivity index (χ0n) is 4.69. The molecule has 0 saturated carbocycles. The topological polar surface area (TPSA) is 43.1 Å². The van der Waals surface area contributed by atoms with Crippen LogP contribution in [0.15, 0.2) is 12.2 Å². The molecule has 0 heterocycles. The van der Waals surface area contributed by atoms with Crippen molar-refractivity contribution >= 4 is 35.5 Å². The fraction of sp³-hybridized carbons (Fsp3) is 0.250. The minimum atomic E-state index is -0.435. The molecular formula is C4H7NNaO. The average Bonchev–Trinajstić information content (AvgIpc) is 1.36. The molecule has 1 radical (unpaired) electrons. The molecule has 0 atom stereocenters. The summed E-state index contributed by atoms with van der Waals surface area (Å²) in [5, 5.41) is 0. The van der Waals surface area contributed by atoms with E-state index in [1.54, 1.807) is 6.92 Å². The molecule has 0 aliphatic heterocycles. The number of hydrogen-bond acceptors (Lipinski definition) is 1. The van der Waals surface area contributed by atoms with E-state index in [-0.39, 0.29) is 29.6 Å². The maximum absolute atomic E-state index is 9.82. The summed E-state index contributed by atoms with van der Waals surface area (Å²) in [5.74, 6) is -0.435. The van der Waals surface area contributed by atoms with E-state index in [2.05, 4.69) is 6.58 Å². The Morgan fingerprint density at radius 3 is 1.86 bits per heavy atom. The van der Waals surface area contributed by atoms with Crippen LogP contribution in [-0.2, 0) is 4.79 Å². The average molecular weight is 108 g/mol. The van der Waals surface area contributed by atoms with Gasteiger partial charge in [0.2, 0.25) is 5.91 Å². The van der Waals surface area contributed by atoms with Gasteiger partial charge in [0.1, 0.15) is 0 Å². The number of primary amides is 1. The SMILES string of the molecule is C=C(C)C(N)=O.[Na]. The van der Waals surface area contributed by atoms with E-state index in [1.807, 2.05) is 0 Å². The molecule has 3 heteroatoms. The number of carbonyl (C=O) groups excluding carboxylic acids is 1. The molecule has 0 bridgehead atoms. The molecule has 2 N–H and O–H groups in total. The Hall–Kier alpha value is 0.210. The van der Waals surface area contributed by atoms with Gasteiger partial charge in [-0.25, -0.2) is 0 Å². The third kappa shape index (κ3) is 6.21. The summed E-state index contributed by atoms with van der Waals surface area (Å²) >= 11 is 0. The van der Waals surface area contributed by atoms with E-state index in [4.69, 9.17) is 5.73 Å². The standard InChI is InChI=1S/C4H7NO.Na/c1-3(2)4(5)6;/h1H2,2H3,(H2,5,6);. The zero-order chi connectivity index (χ0) is 5.15. The first-order valence-corrected chi connectivity index (χ1v) is 1.60. The van der Waals surface area contributed by atoms with Gasteiger partial charge in [-0.2, -0.15) is 0 Å². The van der Waals surface area contributed by atoms with E-state index >= 15 is 0 Å². The summed E-state index contributed by atoms with van der Waals surface area (Å²) in [7, 11) is 0. The van der Waals surface area contributed by atoms with Crippen LogP contribution in [0.25, 0.3) is 0 Å². The van der Waals surface area contributed by atoms with Crippen LogP contribution in [0.4, 0.5) is 0 Å². The quantitative estimate of drug-likeness (QED) is 0.362. The summed E-state index contributed by atoms with van der Waals surface area (Å²) in [4.78, 5) is 9.82. The van der Waals surface area contributed by atoms with Crippen molar-refractivity contribution < 1.29 is 4.79 Å². The van der Waals surface area contributed by atoms with Gasteiger partial charge in [0, 0.05) is 35.1 Å². The van der Waals surface area contributed by atoms with Crippen LogP contribution in [0.2, 0.25) is 0 Å². The van der Waals surface area contributed by atoms with E-state index in [0.29, 0.717) is 5.57 Å². The van der Waals surface area contributed by atoms with Gasteiger partial charge in [-0.05, 0) is 6.92 Å². The molecule has 0 aliphatic rings. The Labute approximate surface area is 65.1 Å². The Morgan fingerprint density at radius 2 is 1.86 bits per heavy atom. The van der Waals surface area contributed by atoms with Gasteiger partial charge in [0.25, 0.3) is 0 Å². The zero-order valence-corrected chi connectivity index (χ0v) is 6.69. The van der Waals surface area contributed by atoms with Crippen LogP contribution in [0.3, 0.4) is 0 Å². The molecule has 0 aliphatic carbocycles. The van der Waals surface area contributed by atoms with Gasteiger partial charge in [-0.3, -0.25) is 4.79 Å². The first-order valence-electron chi connectivity index (χ1n) is 1.60. The summed E-state index contributed by atoms with van der Waals surface area (Å²) in [5.41, 5.74) is 5.09. The number of nitrogens with two attached hydrogens (primary N) is 1. The molecule has 35 valence electrons. The molecule has 1 amide bonds. The van der Waals surface area contributed by atoms with Crippen molar-refractivity contribution in [2.45, 2.75) is 6.92 Å². The van der Waals surface area contributed by atoms with E-state index < -0.39 is 5.91 Å². The van der Waals surface area contributed by atoms with Crippen LogP contribution >= 0.6 is 0 Å². The summed E-state index contributed by atoms with van der Waals surface area (Å²) in [6, 6.07) is 0. The molecule has 0 aromatic heterocycles. The van der Waals surface area contributed by atoms with E-state index in [9.17, 15) is 4.79 Å². The molecule has 0 fully saturated rings. The Morgan fingerprint density at radius 1 is 1.71 bits per heavy atom. The monoisotopic (exact) mass is 108 g/mol. The van der Waals surface area contributed by atoms with Crippen molar-refractivity contribution in [2.24, 2.45) is 5.73 Å². The van der Waals surface area contributed by atoms with Crippen LogP contribution in [0.5, 0.6) is 0 Å². The largest absolute Gasteiger partial charge is 0.366 e. The van der Waals surface area contributed by atoms with Gasteiger partial charge >= 0.3 is 0 Å². The third-order valence-corrected chi connectivity index (χ3v) is 0.421. The molecule has 0 aromatic carbocycles. The van der Waals surface area contributed by atoms with E-state index in [0.717, 1.165) is 0 Å². The van der Waals surface area contributed by atoms with Crippen LogP contribution in [0, 0.1) is 0 Å². The Kier molecular flexibility index (Phi) is 6.40. The van der Waals surface area contributed by atoms with Crippen molar-refractivity contribution in [3.05, 3.63) is 12.2 Å². The Balaban J connectivity index is 0. The second kappa shape index (κ2) is 4.37. The number of hydrogen-bond donors (Lipinski definition) is 1. The van der Waals surface area contributed by atoms with Crippen molar-refractivity contribution in [2.75, 3.05) is 0 Å². The molecule has 0 aromatic rings. The second-order valence-electron chi connectivity index (χ2n) is 1.14. The summed E-state index contributed by atoms with van der Waals surface area (Å²) in [6.07, 6.45) is 0. The third-order valence-electron chi connectivity index (χ3n) is 0.421. The van der Waals surface area contributed by atoms with Gasteiger partial charge in [-0.15, -0.1) is 0 Å². The predicted octanol–water partition coefficient (Wildman–Crippen LogP) is -0.333. The summed E-state index contributed by atoms with van der Waals surface area (Å²) < 4.78 is 0. The van der Waals surface area contributed by atoms with Crippen molar-refractivity contribution in [3.63, 3.8) is 0 Å². The smallest absolute Gasteiger partial charge is 0.243 e. The molecule has 0 saturated heterocycles. The molecule has 0 unspecified atom stereocenters. The normalized spacial score (nSPS) is 6.43. The second-order valence-corrected chi connectivity index (χ2v) is 1.14. The molecule has 0 spiro atoms. The molecule has 2 nitrogen and oxygen atoms in total. The molecule has 0 rings (SSSR count). The van der Waals surface area contributed by atoms with Crippen LogP contribution < -0.4 is 5.73 Å². The number of rotatable bonds is 1. The summed E-state index contributed by atoms with van der Waals surface area (Å²) in [6.45, 7) is 4.85. The van der Waals surface area contributed by atoms with Crippen LogP contribution in [0.1, 0.15) is 6.92 Å². The first-order chi connectivity index (χ1) is 2.64. The van der Waals surface area contributed by atoms with Crippen LogP contribution in [-0.4, -0.2) is 35.5 Å². The maximum Gasteiger partial charge on any atom is 0.243 e. The fourth-order valence-corrected chi connectivity index (χ4v) is 0. The van der Waals surface area contributed by atoms with Gasteiger partial charge in [0.15, 0.2) is 0 Å². The minimum absolute atomic E-state index is 0. The predicted molar refractivity (Wildman–Crippen MR) is 29.8 cm³/mol. The number of carbonyl (C=O) groups is 1. The van der Waals surface area contributed by atoms with Gasteiger partial charge in [-0.1, -0.05) is 6.58 Å². The Bertz CT molecular complexity index is 77.7. The van der Waals surface area contributed by atoms with Gasteiger partial charge in [0.05, 0.1) is 0 Å². The minimum Gasteiger partial charge on any atom is -0.366 e. The van der Waals surface area contributed by atoms with Crippen molar-refractivity contribution in [1.82, 2.24) is 0 Å². The first kappa shape index (κ1) is 10.2. The van der Waals surface area contributed by atoms with E-state index in [1.165, 1.54) is 0 Å². The number of amides is 1. The van der Waals surface area contributed by atoms with Gasteiger partial charge < -0.3 is 5.73 Å². The van der Waals surface area contributed by atoms with Crippen molar-refractivity contribution in [3.8, 4) is 0 Å². The fourth-order valence-electron chi connectivity index (χ4n) is 0. The maximum atomic E-state index is 9.82. The molecule has 7 heavy (non-hydrogen) atoms. The molecular weight excluding hydrogens is 101 g/mol.